The first kappa shape index (κ1) is 22.2. The summed E-state index contributed by atoms with van der Waals surface area (Å²) in [5.74, 6) is -1.31. The fourth-order valence-corrected chi connectivity index (χ4v) is 2.83. The zero-order chi connectivity index (χ0) is 22.9. The number of nitro groups is 1. The van der Waals surface area contributed by atoms with E-state index >= 15 is 0 Å². The van der Waals surface area contributed by atoms with Crippen molar-refractivity contribution in [1.29, 1.82) is 0 Å². The Morgan fingerprint density at radius 1 is 0.781 bits per heavy atom. The molecule has 0 atom stereocenters. The number of non-ortho nitro benzene ring substituents is 1. The summed E-state index contributed by atoms with van der Waals surface area (Å²) >= 11 is 0. The topological polar surface area (TPSA) is 130 Å². The van der Waals surface area contributed by atoms with Crippen LogP contribution in [0, 0.1) is 10.1 Å². The molecular weight excluding hydrogens is 412 g/mol. The molecular formula is C23H20N4O5. The van der Waals surface area contributed by atoms with E-state index in [-0.39, 0.29) is 30.2 Å². The highest BCUT2D eigenvalue weighted by molar-refractivity contribution is 6.04. The van der Waals surface area contributed by atoms with Crippen molar-refractivity contribution in [2.75, 3.05) is 11.9 Å². The fraction of sp³-hybridized carbons (Fsp3) is 0.0870. The Labute approximate surface area is 183 Å². The largest absolute Gasteiger partial charge is 0.350 e. The smallest absolute Gasteiger partial charge is 0.270 e. The lowest BCUT2D eigenvalue weighted by Gasteiger charge is -2.09. The molecule has 0 unspecified atom stereocenters. The van der Waals surface area contributed by atoms with E-state index in [1.54, 1.807) is 36.4 Å². The maximum atomic E-state index is 12.4. The number of hydrogen-bond donors (Lipinski definition) is 3. The van der Waals surface area contributed by atoms with Crippen LogP contribution in [0.5, 0.6) is 0 Å². The van der Waals surface area contributed by atoms with Gasteiger partial charge in [-0.2, -0.15) is 0 Å². The molecule has 0 aliphatic carbocycles. The Morgan fingerprint density at radius 2 is 1.47 bits per heavy atom. The molecule has 9 nitrogen and oxygen atoms in total. The molecule has 0 saturated carbocycles. The summed E-state index contributed by atoms with van der Waals surface area (Å²) in [5.41, 5.74) is 1.71. The van der Waals surface area contributed by atoms with Crippen molar-refractivity contribution < 1.29 is 19.3 Å². The van der Waals surface area contributed by atoms with Gasteiger partial charge in [0.2, 0.25) is 5.91 Å². The summed E-state index contributed by atoms with van der Waals surface area (Å²) in [6.45, 7) is -0.131. The predicted molar refractivity (Wildman–Crippen MR) is 118 cm³/mol. The Bertz CT molecular complexity index is 1150. The van der Waals surface area contributed by atoms with E-state index in [9.17, 15) is 24.5 Å². The molecule has 0 aliphatic rings. The van der Waals surface area contributed by atoms with Crippen LogP contribution in [0.25, 0.3) is 0 Å². The third-order valence-corrected chi connectivity index (χ3v) is 4.44. The molecule has 32 heavy (non-hydrogen) atoms. The van der Waals surface area contributed by atoms with E-state index in [4.69, 9.17) is 0 Å². The minimum atomic E-state index is -0.599. The number of anilines is 1. The number of benzene rings is 3. The first-order valence-electron chi connectivity index (χ1n) is 9.67. The Morgan fingerprint density at radius 3 is 2.19 bits per heavy atom. The van der Waals surface area contributed by atoms with Crippen LogP contribution in [0.4, 0.5) is 11.4 Å². The van der Waals surface area contributed by atoms with Gasteiger partial charge in [0.25, 0.3) is 17.5 Å². The van der Waals surface area contributed by atoms with Gasteiger partial charge in [-0.25, -0.2) is 0 Å². The number of carbonyl (C=O) groups is 3. The Kier molecular flexibility index (Phi) is 7.26. The molecule has 0 bridgehead atoms. The van der Waals surface area contributed by atoms with Gasteiger partial charge >= 0.3 is 0 Å². The van der Waals surface area contributed by atoms with Crippen molar-refractivity contribution >= 4 is 29.1 Å². The summed E-state index contributed by atoms with van der Waals surface area (Å²) in [6.07, 6.45) is 0. The van der Waals surface area contributed by atoms with E-state index in [1.807, 2.05) is 18.2 Å². The number of carbonyl (C=O) groups excluding carboxylic acids is 3. The Balaban J connectivity index is 1.50. The molecule has 162 valence electrons. The fourth-order valence-electron chi connectivity index (χ4n) is 2.83. The zero-order valence-corrected chi connectivity index (χ0v) is 16.9. The SMILES string of the molecule is O=C(CNC(=O)c1cccc([N+](=O)[O-])c1)NCc1cccc(C(=O)Nc2ccccc2)c1. The standard InChI is InChI=1S/C23H20N4O5/c28-21(15-25-22(29)18-8-5-11-20(13-18)27(31)32)24-14-16-6-4-7-17(12-16)23(30)26-19-9-2-1-3-10-19/h1-13H,14-15H2,(H,24,28)(H,25,29)(H,26,30). The molecule has 0 spiro atoms. The molecule has 3 amide bonds. The zero-order valence-electron chi connectivity index (χ0n) is 16.9. The second-order valence-electron chi connectivity index (χ2n) is 6.79. The summed E-state index contributed by atoms with van der Waals surface area (Å²) in [6, 6.07) is 21.1. The molecule has 3 N–H and O–H groups in total. The number of amides is 3. The van der Waals surface area contributed by atoms with Gasteiger partial charge in [0, 0.05) is 35.5 Å². The van der Waals surface area contributed by atoms with Gasteiger partial charge in [0.15, 0.2) is 0 Å². The molecule has 3 aromatic carbocycles. The third kappa shape index (κ3) is 6.23. The maximum absolute atomic E-state index is 12.4. The number of rotatable bonds is 8. The minimum absolute atomic E-state index is 0.0872. The van der Waals surface area contributed by atoms with Crippen LogP contribution in [0.1, 0.15) is 26.3 Å². The number of nitrogens with one attached hydrogen (secondary N) is 3. The molecule has 0 radical (unpaired) electrons. The lowest BCUT2D eigenvalue weighted by Crippen LogP contribution is -2.36. The summed E-state index contributed by atoms with van der Waals surface area (Å²) in [4.78, 5) is 46.8. The van der Waals surface area contributed by atoms with Crippen molar-refractivity contribution in [1.82, 2.24) is 10.6 Å². The van der Waals surface area contributed by atoms with Gasteiger partial charge in [-0.3, -0.25) is 24.5 Å². The van der Waals surface area contributed by atoms with E-state index in [0.29, 0.717) is 16.8 Å². The molecule has 0 aliphatic heterocycles. The normalized spacial score (nSPS) is 10.1. The summed E-state index contributed by atoms with van der Waals surface area (Å²) in [7, 11) is 0. The second kappa shape index (κ2) is 10.5. The predicted octanol–water partition coefficient (Wildman–Crippen LogP) is 2.89. The highest BCUT2D eigenvalue weighted by Gasteiger charge is 2.13. The van der Waals surface area contributed by atoms with Crippen LogP contribution >= 0.6 is 0 Å². The van der Waals surface area contributed by atoms with Gasteiger partial charge in [-0.1, -0.05) is 36.4 Å². The van der Waals surface area contributed by atoms with Gasteiger partial charge in [-0.15, -0.1) is 0 Å². The van der Waals surface area contributed by atoms with Gasteiger partial charge in [0.1, 0.15) is 0 Å². The van der Waals surface area contributed by atoms with Crippen molar-refractivity contribution in [3.05, 3.63) is 106 Å². The lowest BCUT2D eigenvalue weighted by molar-refractivity contribution is -0.384. The monoisotopic (exact) mass is 432 g/mol. The Hall–Kier alpha value is -4.53. The van der Waals surface area contributed by atoms with E-state index in [0.717, 1.165) is 6.07 Å². The average molecular weight is 432 g/mol. The highest BCUT2D eigenvalue weighted by atomic mass is 16.6. The van der Waals surface area contributed by atoms with Gasteiger partial charge in [-0.05, 0) is 35.9 Å². The first-order chi connectivity index (χ1) is 15.4. The van der Waals surface area contributed by atoms with Crippen LogP contribution < -0.4 is 16.0 Å². The molecule has 3 rings (SSSR count). The van der Waals surface area contributed by atoms with Crippen LogP contribution in [0.3, 0.4) is 0 Å². The van der Waals surface area contributed by atoms with E-state index in [2.05, 4.69) is 16.0 Å². The number of nitrogens with zero attached hydrogens (tertiary/aromatic N) is 1. The van der Waals surface area contributed by atoms with Crippen molar-refractivity contribution in [3.63, 3.8) is 0 Å². The van der Waals surface area contributed by atoms with Crippen LogP contribution in [0.15, 0.2) is 78.9 Å². The van der Waals surface area contributed by atoms with Crippen molar-refractivity contribution in [2.24, 2.45) is 0 Å². The molecule has 0 aromatic heterocycles. The number of para-hydroxylation sites is 1. The quantitative estimate of drug-likeness (QED) is 0.372. The molecule has 0 saturated heterocycles. The van der Waals surface area contributed by atoms with Crippen molar-refractivity contribution in [2.45, 2.75) is 6.54 Å². The number of nitro benzene ring substituents is 1. The first-order valence-corrected chi connectivity index (χ1v) is 9.67. The summed E-state index contributed by atoms with van der Waals surface area (Å²) in [5, 5.41) is 18.7. The molecule has 9 heteroatoms. The molecule has 0 fully saturated rings. The molecule has 3 aromatic rings. The van der Waals surface area contributed by atoms with Gasteiger partial charge in [0.05, 0.1) is 11.5 Å². The van der Waals surface area contributed by atoms with Crippen LogP contribution in [-0.2, 0) is 11.3 Å². The minimum Gasteiger partial charge on any atom is -0.350 e. The summed E-state index contributed by atoms with van der Waals surface area (Å²) < 4.78 is 0. The number of hydrogen-bond acceptors (Lipinski definition) is 5. The van der Waals surface area contributed by atoms with E-state index < -0.39 is 16.7 Å². The van der Waals surface area contributed by atoms with E-state index in [1.165, 1.54) is 18.2 Å². The second-order valence-corrected chi connectivity index (χ2v) is 6.79. The van der Waals surface area contributed by atoms with Crippen LogP contribution in [0.2, 0.25) is 0 Å². The molecule has 0 heterocycles. The van der Waals surface area contributed by atoms with Gasteiger partial charge < -0.3 is 16.0 Å². The van der Waals surface area contributed by atoms with Crippen molar-refractivity contribution in [3.8, 4) is 0 Å². The average Bonchev–Trinajstić information content (AvgIpc) is 2.82. The van der Waals surface area contributed by atoms with Crippen LogP contribution in [-0.4, -0.2) is 29.2 Å². The third-order valence-electron chi connectivity index (χ3n) is 4.44. The maximum Gasteiger partial charge on any atom is 0.270 e. The highest BCUT2D eigenvalue weighted by Crippen LogP contribution is 2.13. The lowest BCUT2D eigenvalue weighted by atomic mass is 10.1.